The SMILES string of the molecule is CSc1c(C(C)C)ccc2c1N(C(C)C)c1ccccc1C=C2. The Morgan fingerprint density at radius 2 is 1.57 bits per heavy atom. The van der Waals surface area contributed by atoms with Gasteiger partial charge in [0.2, 0.25) is 0 Å². The molecule has 0 saturated carbocycles. The second kappa shape index (κ2) is 6.45. The van der Waals surface area contributed by atoms with Gasteiger partial charge in [-0.25, -0.2) is 0 Å². The van der Waals surface area contributed by atoms with E-state index in [0.29, 0.717) is 12.0 Å². The zero-order valence-corrected chi connectivity index (χ0v) is 15.4. The number of thioether (sulfide) groups is 1. The highest BCUT2D eigenvalue weighted by molar-refractivity contribution is 7.98. The normalized spacial score (nSPS) is 13.3. The Morgan fingerprint density at radius 3 is 2.22 bits per heavy atom. The summed E-state index contributed by atoms with van der Waals surface area (Å²) in [5.41, 5.74) is 6.70. The lowest BCUT2D eigenvalue weighted by atomic mass is 9.98. The van der Waals surface area contributed by atoms with Crippen molar-refractivity contribution < 1.29 is 0 Å². The van der Waals surface area contributed by atoms with Crippen molar-refractivity contribution in [3.05, 3.63) is 53.1 Å². The first-order valence-electron chi connectivity index (χ1n) is 8.31. The first kappa shape index (κ1) is 16.2. The highest BCUT2D eigenvalue weighted by Crippen LogP contribution is 2.45. The van der Waals surface area contributed by atoms with Crippen LogP contribution in [0.5, 0.6) is 0 Å². The van der Waals surface area contributed by atoms with Crippen molar-refractivity contribution in [2.45, 2.75) is 44.6 Å². The fourth-order valence-electron chi connectivity index (χ4n) is 3.34. The highest BCUT2D eigenvalue weighted by atomic mass is 32.2. The number of hydrogen-bond acceptors (Lipinski definition) is 2. The van der Waals surface area contributed by atoms with Crippen LogP contribution >= 0.6 is 11.8 Å². The van der Waals surface area contributed by atoms with Gasteiger partial charge in [-0.2, -0.15) is 0 Å². The van der Waals surface area contributed by atoms with Crippen LogP contribution in [0.15, 0.2) is 41.3 Å². The molecule has 23 heavy (non-hydrogen) atoms. The van der Waals surface area contributed by atoms with E-state index >= 15 is 0 Å². The minimum absolute atomic E-state index is 0.406. The first-order chi connectivity index (χ1) is 11.0. The van der Waals surface area contributed by atoms with Crippen LogP contribution in [0.3, 0.4) is 0 Å². The van der Waals surface area contributed by atoms with E-state index in [4.69, 9.17) is 0 Å². The average molecular weight is 324 g/mol. The van der Waals surface area contributed by atoms with Gasteiger partial charge in [0.1, 0.15) is 0 Å². The molecule has 0 amide bonds. The second-order valence-corrected chi connectivity index (χ2v) is 7.45. The van der Waals surface area contributed by atoms with Gasteiger partial charge in [0, 0.05) is 16.6 Å². The standard InChI is InChI=1S/C21H25NS/c1-14(2)18-13-12-17-11-10-16-8-6-7-9-19(16)22(15(3)4)20(17)21(18)23-5/h6-15H,1-5H3. The quantitative estimate of drug-likeness (QED) is 0.588. The van der Waals surface area contributed by atoms with Crippen molar-refractivity contribution in [3.8, 4) is 0 Å². The maximum absolute atomic E-state index is 2.50. The fraction of sp³-hybridized carbons (Fsp3) is 0.333. The van der Waals surface area contributed by atoms with E-state index in [1.165, 1.54) is 33.0 Å². The van der Waals surface area contributed by atoms with E-state index in [1.807, 2.05) is 11.8 Å². The average Bonchev–Trinajstić information content (AvgIpc) is 2.70. The summed E-state index contributed by atoms with van der Waals surface area (Å²) in [4.78, 5) is 3.91. The molecule has 1 heterocycles. The van der Waals surface area contributed by atoms with Gasteiger partial charge in [-0.3, -0.25) is 0 Å². The van der Waals surface area contributed by atoms with Gasteiger partial charge < -0.3 is 4.90 Å². The number of nitrogens with zero attached hydrogens (tertiary/aromatic N) is 1. The molecule has 0 N–H and O–H groups in total. The lowest BCUT2D eigenvalue weighted by molar-refractivity contribution is 0.772. The van der Waals surface area contributed by atoms with Crippen molar-refractivity contribution in [1.82, 2.24) is 0 Å². The van der Waals surface area contributed by atoms with Crippen molar-refractivity contribution >= 4 is 35.3 Å². The molecule has 0 aromatic heterocycles. The molecule has 0 radical (unpaired) electrons. The highest BCUT2D eigenvalue weighted by Gasteiger charge is 2.25. The molecule has 2 aromatic rings. The third-order valence-corrected chi connectivity index (χ3v) is 5.25. The summed E-state index contributed by atoms with van der Waals surface area (Å²) in [6.07, 6.45) is 6.70. The Hall–Kier alpha value is -1.67. The predicted octanol–water partition coefficient (Wildman–Crippen LogP) is 6.56. The number of anilines is 2. The summed E-state index contributed by atoms with van der Waals surface area (Å²) in [5.74, 6) is 0.527. The minimum atomic E-state index is 0.406. The number of fused-ring (bicyclic) bond motifs is 2. The molecule has 1 nitrogen and oxygen atoms in total. The number of benzene rings is 2. The van der Waals surface area contributed by atoms with E-state index in [-0.39, 0.29) is 0 Å². The maximum Gasteiger partial charge on any atom is 0.0627 e. The third kappa shape index (κ3) is 2.81. The lowest BCUT2D eigenvalue weighted by Gasteiger charge is -2.33. The summed E-state index contributed by atoms with van der Waals surface area (Å²) >= 11 is 1.87. The molecule has 2 heteroatoms. The summed E-state index contributed by atoms with van der Waals surface area (Å²) in [6, 6.07) is 13.7. The molecule has 0 spiro atoms. The first-order valence-corrected chi connectivity index (χ1v) is 9.54. The van der Waals surface area contributed by atoms with E-state index in [1.54, 1.807) is 0 Å². The van der Waals surface area contributed by atoms with E-state index in [0.717, 1.165) is 0 Å². The van der Waals surface area contributed by atoms with Crippen molar-refractivity contribution in [2.75, 3.05) is 11.2 Å². The van der Waals surface area contributed by atoms with Gasteiger partial charge in [-0.15, -0.1) is 11.8 Å². The summed E-state index contributed by atoms with van der Waals surface area (Å²) in [5, 5.41) is 0. The van der Waals surface area contributed by atoms with Crippen LogP contribution in [0.4, 0.5) is 11.4 Å². The summed E-state index contributed by atoms with van der Waals surface area (Å²) in [7, 11) is 0. The molecule has 0 atom stereocenters. The van der Waals surface area contributed by atoms with Crippen molar-refractivity contribution in [1.29, 1.82) is 0 Å². The molecule has 0 bridgehead atoms. The summed E-state index contributed by atoms with van der Waals surface area (Å²) < 4.78 is 0. The van der Waals surface area contributed by atoms with Crippen LogP contribution in [-0.2, 0) is 0 Å². The monoisotopic (exact) mass is 323 g/mol. The van der Waals surface area contributed by atoms with Crippen LogP contribution in [0.2, 0.25) is 0 Å². The number of para-hydroxylation sites is 1. The van der Waals surface area contributed by atoms with Gasteiger partial charge in [-0.1, -0.05) is 56.3 Å². The lowest BCUT2D eigenvalue weighted by Crippen LogP contribution is -2.27. The van der Waals surface area contributed by atoms with Gasteiger partial charge in [0.05, 0.1) is 5.69 Å². The molecule has 0 fully saturated rings. The molecule has 1 aliphatic rings. The zero-order chi connectivity index (χ0) is 16.6. The zero-order valence-electron chi connectivity index (χ0n) is 14.6. The van der Waals surface area contributed by atoms with E-state index in [9.17, 15) is 0 Å². The molecule has 3 rings (SSSR count). The molecule has 0 aliphatic carbocycles. The van der Waals surface area contributed by atoms with Crippen LogP contribution in [-0.4, -0.2) is 12.3 Å². The molecule has 0 saturated heterocycles. The van der Waals surface area contributed by atoms with Crippen LogP contribution in [0.25, 0.3) is 12.2 Å². The van der Waals surface area contributed by atoms with E-state index < -0.39 is 0 Å². The molecular weight excluding hydrogens is 298 g/mol. The number of rotatable bonds is 3. The second-order valence-electron chi connectivity index (χ2n) is 6.64. The minimum Gasteiger partial charge on any atom is -0.337 e. The van der Waals surface area contributed by atoms with Crippen LogP contribution < -0.4 is 4.90 Å². The molecule has 0 unspecified atom stereocenters. The third-order valence-electron chi connectivity index (χ3n) is 4.42. The van der Waals surface area contributed by atoms with Gasteiger partial charge in [0.15, 0.2) is 0 Å². The molecule has 2 aromatic carbocycles. The molecule has 1 aliphatic heterocycles. The molecule has 120 valence electrons. The Kier molecular flexibility index (Phi) is 4.54. The predicted molar refractivity (Wildman–Crippen MR) is 105 cm³/mol. The number of hydrogen-bond donors (Lipinski definition) is 0. The fourth-order valence-corrected chi connectivity index (χ4v) is 4.29. The van der Waals surface area contributed by atoms with Gasteiger partial charge in [0.25, 0.3) is 0 Å². The topological polar surface area (TPSA) is 3.24 Å². The Balaban J connectivity index is 2.34. The smallest absolute Gasteiger partial charge is 0.0627 e. The molecular formula is C21H25NS. The van der Waals surface area contributed by atoms with Gasteiger partial charge >= 0.3 is 0 Å². The Morgan fingerprint density at radius 1 is 0.870 bits per heavy atom. The Labute approximate surface area is 144 Å². The largest absolute Gasteiger partial charge is 0.337 e. The maximum atomic E-state index is 2.50. The van der Waals surface area contributed by atoms with Gasteiger partial charge in [-0.05, 0) is 48.8 Å². The Bertz CT molecular complexity index is 744. The van der Waals surface area contributed by atoms with Crippen LogP contribution in [0.1, 0.15) is 50.3 Å². The van der Waals surface area contributed by atoms with E-state index in [2.05, 4.69) is 87.4 Å². The van der Waals surface area contributed by atoms with Crippen molar-refractivity contribution in [3.63, 3.8) is 0 Å². The van der Waals surface area contributed by atoms with Crippen LogP contribution in [0, 0.1) is 0 Å². The van der Waals surface area contributed by atoms with Crippen molar-refractivity contribution in [2.24, 2.45) is 0 Å². The summed E-state index contributed by atoms with van der Waals surface area (Å²) in [6.45, 7) is 9.11.